The van der Waals surface area contributed by atoms with Gasteiger partial charge in [0.05, 0.1) is 6.61 Å². The first-order valence-corrected chi connectivity index (χ1v) is 5.72. The van der Waals surface area contributed by atoms with E-state index >= 15 is 0 Å². The molecule has 0 aromatic carbocycles. The smallest absolute Gasteiger partial charge is 0.221 e. The molecule has 1 amide bonds. The number of hydrogen-bond acceptors (Lipinski definition) is 6. The molecule has 0 saturated heterocycles. The normalized spacial score (nSPS) is 10.1. The number of nitrogens with zero attached hydrogens (tertiary/aromatic N) is 2. The van der Waals surface area contributed by atoms with Crippen LogP contribution in [0.4, 0.5) is 11.8 Å². The van der Waals surface area contributed by atoms with Gasteiger partial charge in [0.2, 0.25) is 11.9 Å². The number of methoxy groups -OCH3 is 1. The number of hydrogen-bond donors (Lipinski definition) is 3. The fourth-order valence-electron chi connectivity index (χ4n) is 1.31. The highest BCUT2D eigenvalue weighted by atomic mass is 16.5. The fourth-order valence-corrected chi connectivity index (χ4v) is 1.31. The van der Waals surface area contributed by atoms with Crippen LogP contribution < -0.4 is 16.4 Å². The summed E-state index contributed by atoms with van der Waals surface area (Å²) < 4.78 is 4.83. The van der Waals surface area contributed by atoms with Gasteiger partial charge in [-0.3, -0.25) is 4.79 Å². The summed E-state index contributed by atoms with van der Waals surface area (Å²) in [5, 5.41) is 5.79. The average molecular weight is 253 g/mol. The summed E-state index contributed by atoms with van der Waals surface area (Å²) in [6, 6.07) is 0. The molecule has 0 atom stereocenters. The van der Waals surface area contributed by atoms with E-state index < -0.39 is 0 Å². The predicted octanol–water partition coefficient (Wildman–Crippen LogP) is -0.0682. The lowest BCUT2D eigenvalue weighted by molar-refractivity contribution is -0.121. The summed E-state index contributed by atoms with van der Waals surface area (Å²) in [5.41, 5.74) is 6.38. The van der Waals surface area contributed by atoms with Crippen molar-refractivity contribution in [1.29, 1.82) is 0 Å². The second kappa shape index (κ2) is 7.44. The monoisotopic (exact) mass is 253 g/mol. The van der Waals surface area contributed by atoms with Crippen LogP contribution in [-0.4, -0.2) is 42.7 Å². The highest BCUT2D eigenvalue weighted by Crippen LogP contribution is 2.10. The first kappa shape index (κ1) is 14.2. The van der Waals surface area contributed by atoms with Gasteiger partial charge in [0.25, 0.3) is 0 Å². The number of nitrogens with one attached hydrogen (secondary N) is 2. The van der Waals surface area contributed by atoms with Gasteiger partial charge in [0.15, 0.2) is 0 Å². The molecular weight excluding hydrogens is 234 g/mol. The van der Waals surface area contributed by atoms with Crippen molar-refractivity contribution >= 4 is 17.7 Å². The third-order valence-corrected chi connectivity index (χ3v) is 2.26. The van der Waals surface area contributed by atoms with Crippen LogP contribution in [-0.2, 0) is 9.53 Å². The zero-order valence-electron chi connectivity index (χ0n) is 10.7. The lowest BCUT2D eigenvalue weighted by Crippen LogP contribution is -2.28. The van der Waals surface area contributed by atoms with Crippen molar-refractivity contribution in [3.05, 3.63) is 11.8 Å². The third-order valence-electron chi connectivity index (χ3n) is 2.26. The molecule has 1 aromatic heterocycles. The van der Waals surface area contributed by atoms with Crippen molar-refractivity contribution in [1.82, 2.24) is 15.3 Å². The molecule has 7 nitrogen and oxygen atoms in total. The first-order valence-electron chi connectivity index (χ1n) is 5.72. The Kier molecular flexibility index (Phi) is 5.86. The lowest BCUT2D eigenvalue weighted by Gasteiger charge is -2.08. The Morgan fingerprint density at radius 2 is 2.28 bits per heavy atom. The van der Waals surface area contributed by atoms with Gasteiger partial charge < -0.3 is 21.1 Å². The van der Waals surface area contributed by atoms with Crippen LogP contribution in [0.1, 0.15) is 12.0 Å². The standard InChI is InChI=1S/C11H19N5O2/c1-8-7-15-11(12)16-10(8)14-4-3-9(17)13-5-6-18-2/h7H,3-6H2,1-2H3,(H,13,17)(H3,12,14,15,16). The van der Waals surface area contributed by atoms with Crippen LogP contribution in [0.5, 0.6) is 0 Å². The van der Waals surface area contributed by atoms with E-state index in [4.69, 9.17) is 10.5 Å². The highest BCUT2D eigenvalue weighted by molar-refractivity contribution is 5.76. The molecule has 4 N–H and O–H groups in total. The third kappa shape index (κ3) is 4.96. The molecule has 0 bridgehead atoms. The van der Waals surface area contributed by atoms with E-state index in [0.717, 1.165) is 5.56 Å². The maximum atomic E-state index is 11.4. The minimum atomic E-state index is -0.0285. The Morgan fingerprint density at radius 1 is 1.50 bits per heavy atom. The zero-order chi connectivity index (χ0) is 13.4. The maximum absolute atomic E-state index is 11.4. The van der Waals surface area contributed by atoms with E-state index in [1.807, 2.05) is 6.92 Å². The second-order valence-corrected chi connectivity index (χ2v) is 3.78. The number of rotatable bonds is 7. The molecule has 0 fully saturated rings. The quantitative estimate of drug-likeness (QED) is 0.588. The van der Waals surface area contributed by atoms with E-state index in [1.165, 1.54) is 0 Å². The number of carbonyl (C=O) groups is 1. The molecule has 1 heterocycles. The minimum Gasteiger partial charge on any atom is -0.383 e. The average Bonchev–Trinajstić information content (AvgIpc) is 2.34. The molecule has 1 aromatic rings. The summed E-state index contributed by atoms with van der Waals surface area (Å²) in [4.78, 5) is 19.3. The molecule has 1 rings (SSSR count). The summed E-state index contributed by atoms with van der Waals surface area (Å²) in [6.07, 6.45) is 2.01. The van der Waals surface area contributed by atoms with Crippen molar-refractivity contribution in [3.63, 3.8) is 0 Å². The van der Waals surface area contributed by atoms with Gasteiger partial charge in [-0.15, -0.1) is 0 Å². The number of amides is 1. The number of aromatic nitrogens is 2. The molecule has 0 radical (unpaired) electrons. The molecule has 0 aliphatic rings. The Hall–Kier alpha value is -1.89. The van der Waals surface area contributed by atoms with E-state index in [9.17, 15) is 4.79 Å². The summed E-state index contributed by atoms with van der Waals surface area (Å²) in [5.74, 6) is 0.846. The van der Waals surface area contributed by atoms with E-state index in [0.29, 0.717) is 31.9 Å². The molecule has 18 heavy (non-hydrogen) atoms. The Balaban J connectivity index is 2.28. The summed E-state index contributed by atoms with van der Waals surface area (Å²) in [7, 11) is 1.59. The molecule has 0 aliphatic heterocycles. The minimum absolute atomic E-state index is 0.0285. The van der Waals surface area contributed by atoms with Gasteiger partial charge in [0.1, 0.15) is 5.82 Å². The summed E-state index contributed by atoms with van der Waals surface area (Å²) >= 11 is 0. The topological polar surface area (TPSA) is 102 Å². The van der Waals surface area contributed by atoms with Gasteiger partial charge in [0, 0.05) is 38.4 Å². The molecule has 0 aliphatic carbocycles. The number of aryl methyl sites for hydroxylation is 1. The van der Waals surface area contributed by atoms with Crippen molar-refractivity contribution in [2.24, 2.45) is 0 Å². The van der Waals surface area contributed by atoms with E-state index in [1.54, 1.807) is 13.3 Å². The van der Waals surface area contributed by atoms with Crippen molar-refractivity contribution < 1.29 is 9.53 Å². The molecule has 7 heteroatoms. The van der Waals surface area contributed by atoms with Crippen LogP contribution in [0.2, 0.25) is 0 Å². The first-order chi connectivity index (χ1) is 8.63. The van der Waals surface area contributed by atoms with Gasteiger partial charge in [-0.2, -0.15) is 4.98 Å². The number of nitrogens with two attached hydrogens (primary N) is 1. The highest BCUT2D eigenvalue weighted by Gasteiger charge is 2.03. The predicted molar refractivity (Wildman–Crippen MR) is 69.2 cm³/mol. The Labute approximate surface area is 106 Å². The second-order valence-electron chi connectivity index (χ2n) is 3.78. The molecule has 100 valence electrons. The van der Waals surface area contributed by atoms with Crippen LogP contribution in [0.25, 0.3) is 0 Å². The van der Waals surface area contributed by atoms with Crippen LogP contribution in [0.3, 0.4) is 0 Å². The number of carbonyl (C=O) groups excluding carboxylic acids is 1. The molecular formula is C11H19N5O2. The van der Waals surface area contributed by atoms with Gasteiger partial charge in [-0.05, 0) is 6.92 Å². The van der Waals surface area contributed by atoms with Gasteiger partial charge in [-0.25, -0.2) is 4.98 Å². The van der Waals surface area contributed by atoms with Gasteiger partial charge in [-0.1, -0.05) is 0 Å². The number of nitrogen functional groups attached to an aromatic ring is 1. The Bertz CT molecular complexity index is 397. The van der Waals surface area contributed by atoms with Crippen LogP contribution in [0, 0.1) is 6.92 Å². The Morgan fingerprint density at radius 3 is 3.00 bits per heavy atom. The summed E-state index contributed by atoms with van der Waals surface area (Å²) in [6.45, 7) is 3.41. The van der Waals surface area contributed by atoms with E-state index in [-0.39, 0.29) is 11.9 Å². The van der Waals surface area contributed by atoms with Crippen molar-refractivity contribution in [2.75, 3.05) is 37.9 Å². The largest absolute Gasteiger partial charge is 0.383 e. The van der Waals surface area contributed by atoms with Crippen molar-refractivity contribution in [3.8, 4) is 0 Å². The number of ether oxygens (including phenoxy) is 1. The van der Waals surface area contributed by atoms with Gasteiger partial charge >= 0.3 is 0 Å². The molecule has 0 unspecified atom stereocenters. The fraction of sp³-hybridized carbons (Fsp3) is 0.545. The maximum Gasteiger partial charge on any atom is 0.221 e. The zero-order valence-corrected chi connectivity index (χ0v) is 10.7. The molecule has 0 spiro atoms. The lowest BCUT2D eigenvalue weighted by atomic mass is 10.3. The number of anilines is 2. The van der Waals surface area contributed by atoms with Crippen LogP contribution in [0.15, 0.2) is 6.20 Å². The van der Waals surface area contributed by atoms with Crippen LogP contribution >= 0.6 is 0 Å². The molecule has 0 saturated carbocycles. The van der Waals surface area contributed by atoms with Crippen molar-refractivity contribution in [2.45, 2.75) is 13.3 Å². The van der Waals surface area contributed by atoms with E-state index in [2.05, 4.69) is 20.6 Å². The SMILES string of the molecule is COCCNC(=O)CCNc1nc(N)ncc1C.